The van der Waals surface area contributed by atoms with Crippen LogP contribution in [0.5, 0.6) is 0 Å². The van der Waals surface area contributed by atoms with E-state index in [4.69, 9.17) is 0 Å². The molecule has 1 atom stereocenters. The number of aryl methyl sites for hydroxylation is 2. The van der Waals surface area contributed by atoms with Crippen molar-refractivity contribution < 1.29 is 5.11 Å². The molecule has 4 rings (SSSR count). The Bertz CT molecular complexity index is 739. The summed E-state index contributed by atoms with van der Waals surface area (Å²) in [7, 11) is 1.87. The Morgan fingerprint density at radius 1 is 1.25 bits per heavy atom. The Morgan fingerprint density at radius 2 is 2.08 bits per heavy atom. The van der Waals surface area contributed by atoms with Crippen LogP contribution in [0.1, 0.15) is 42.4 Å². The molecule has 3 heterocycles. The Balaban J connectivity index is 1.60. The molecule has 128 valence electrons. The molecule has 2 aromatic rings. The van der Waals surface area contributed by atoms with Crippen LogP contribution < -0.4 is 10.2 Å². The summed E-state index contributed by atoms with van der Waals surface area (Å²) in [6, 6.07) is 3.99. The van der Waals surface area contributed by atoms with Crippen LogP contribution in [-0.4, -0.2) is 38.4 Å². The van der Waals surface area contributed by atoms with Gasteiger partial charge in [-0.2, -0.15) is 10.1 Å². The lowest BCUT2D eigenvalue weighted by Gasteiger charge is -2.20. The van der Waals surface area contributed by atoms with E-state index in [-0.39, 0.29) is 0 Å². The third-order valence-corrected chi connectivity index (χ3v) is 4.79. The number of anilines is 2. The number of aliphatic hydroxyl groups is 1. The number of hydrogen-bond acceptors (Lipinski definition) is 6. The van der Waals surface area contributed by atoms with Gasteiger partial charge in [0.2, 0.25) is 5.95 Å². The van der Waals surface area contributed by atoms with Gasteiger partial charge in [-0.1, -0.05) is 0 Å². The Morgan fingerprint density at radius 3 is 2.83 bits per heavy atom. The number of rotatable bonds is 4. The minimum atomic E-state index is -0.413. The zero-order chi connectivity index (χ0) is 16.7. The van der Waals surface area contributed by atoms with E-state index < -0.39 is 6.10 Å². The number of hydrogen-bond donors (Lipinski definition) is 2. The second-order valence-electron chi connectivity index (χ2n) is 6.79. The maximum atomic E-state index is 10.3. The van der Waals surface area contributed by atoms with Gasteiger partial charge in [-0.05, 0) is 38.2 Å². The molecule has 0 amide bonds. The highest BCUT2D eigenvalue weighted by atomic mass is 16.3. The van der Waals surface area contributed by atoms with Crippen molar-refractivity contribution in [3.63, 3.8) is 0 Å². The van der Waals surface area contributed by atoms with Crippen molar-refractivity contribution in [2.24, 2.45) is 5.92 Å². The van der Waals surface area contributed by atoms with E-state index in [1.807, 2.05) is 24.7 Å². The number of nitrogens with zero attached hydrogens (tertiary/aromatic N) is 5. The molecule has 0 unspecified atom stereocenters. The molecule has 1 saturated carbocycles. The molecule has 0 spiro atoms. The summed E-state index contributed by atoms with van der Waals surface area (Å²) >= 11 is 0. The first-order valence-electron chi connectivity index (χ1n) is 8.67. The van der Waals surface area contributed by atoms with Gasteiger partial charge in [-0.25, -0.2) is 4.98 Å². The van der Waals surface area contributed by atoms with Crippen molar-refractivity contribution in [2.45, 2.75) is 45.4 Å². The highest BCUT2D eigenvalue weighted by Gasteiger charge is 2.33. The molecule has 7 heteroatoms. The fourth-order valence-corrected chi connectivity index (χ4v) is 3.28. The van der Waals surface area contributed by atoms with Crippen LogP contribution in [0.3, 0.4) is 0 Å². The zero-order valence-electron chi connectivity index (χ0n) is 14.2. The summed E-state index contributed by atoms with van der Waals surface area (Å²) < 4.78 is 2.04. The predicted molar refractivity (Wildman–Crippen MR) is 91.9 cm³/mol. The molecular formula is C17H24N6O. The second-order valence-corrected chi connectivity index (χ2v) is 6.79. The van der Waals surface area contributed by atoms with Crippen LogP contribution in [0, 0.1) is 12.8 Å². The van der Waals surface area contributed by atoms with Gasteiger partial charge >= 0.3 is 0 Å². The maximum absolute atomic E-state index is 10.3. The van der Waals surface area contributed by atoms with Gasteiger partial charge in [0, 0.05) is 31.9 Å². The molecule has 7 nitrogen and oxygen atoms in total. The molecule has 0 aromatic carbocycles. The average molecular weight is 328 g/mol. The average Bonchev–Trinajstić information content (AvgIpc) is 3.37. The second kappa shape index (κ2) is 6.05. The molecule has 1 aliphatic carbocycles. The van der Waals surface area contributed by atoms with Gasteiger partial charge in [-0.15, -0.1) is 0 Å². The molecule has 0 radical (unpaired) electrons. The third kappa shape index (κ3) is 2.96. The van der Waals surface area contributed by atoms with E-state index in [0.29, 0.717) is 5.92 Å². The summed E-state index contributed by atoms with van der Waals surface area (Å²) in [5, 5.41) is 18.1. The van der Waals surface area contributed by atoms with Crippen LogP contribution in [0.2, 0.25) is 0 Å². The molecular weight excluding hydrogens is 304 g/mol. The topological polar surface area (TPSA) is 79.1 Å². The largest absolute Gasteiger partial charge is 0.386 e. The molecule has 1 fully saturated rings. The lowest BCUT2D eigenvalue weighted by atomic mass is 10.1. The van der Waals surface area contributed by atoms with E-state index in [1.54, 1.807) is 0 Å². The summed E-state index contributed by atoms with van der Waals surface area (Å²) in [4.78, 5) is 11.4. The quantitative estimate of drug-likeness (QED) is 0.892. The standard InChI is InChI=1S/C17H24N6O/c1-11-8-15(18-2)20-17(19-11)22-6-3-7-23-13(10-22)9-14(21-23)16(24)12-4-5-12/h8-9,12,16,24H,3-7,10H2,1-2H3,(H,18,19,20)/t16-/m0/s1. The number of aromatic nitrogens is 4. The lowest BCUT2D eigenvalue weighted by molar-refractivity contribution is 0.148. The van der Waals surface area contributed by atoms with E-state index in [1.165, 1.54) is 0 Å². The number of fused-ring (bicyclic) bond motifs is 1. The Hall–Kier alpha value is -2.15. The van der Waals surface area contributed by atoms with Crippen LogP contribution in [0.25, 0.3) is 0 Å². The van der Waals surface area contributed by atoms with Gasteiger partial charge in [0.15, 0.2) is 0 Å². The number of aliphatic hydroxyl groups excluding tert-OH is 1. The van der Waals surface area contributed by atoms with E-state index >= 15 is 0 Å². The van der Waals surface area contributed by atoms with Crippen LogP contribution >= 0.6 is 0 Å². The van der Waals surface area contributed by atoms with Gasteiger partial charge in [-0.3, -0.25) is 4.68 Å². The van der Waals surface area contributed by atoms with E-state index in [9.17, 15) is 5.11 Å². The van der Waals surface area contributed by atoms with Gasteiger partial charge in [0.25, 0.3) is 0 Å². The van der Waals surface area contributed by atoms with Crippen molar-refractivity contribution in [3.05, 3.63) is 29.2 Å². The normalized spacial score (nSPS) is 18.9. The number of nitrogens with one attached hydrogen (secondary N) is 1. The molecule has 24 heavy (non-hydrogen) atoms. The van der Waals surface area contributed by atoms with Gasteiger partial charge in [0.05, 0.1) is 17.9 Å². The summed E-state index contributed by atoms with van der Waals surface area (Å²) in [5.74, 6) is 1.98. The first-order chi connectivity index (χ1) is 11.6. The van der Waals surface area contributed by atoms with Crippen molar-refractivity contribution in [2.75, 3.05) is 23.8 Å². The van der Waals surface area contributed by atoms with E-state index in [0.717, 1.165) is 67.7 Å². The van der Waals surface area contributed by atoms with E-state index in [2.05, 4.69) is 31.3 Å². The van der Waals surface area contributed by atoms with Crippen LogP contribution in [-0.2, 0) is 13.1 Å². The molecule has 0 saturated heterocycles. The van der Waals surface area contributed by atoms with Gasteiger partial charge < -0.3 is 15.3 Å². The van der Waals surface area contributed by atoms with Crippen LogP contribution in [0.4, 0.5) is 11.8 Å². The fourth-order valence-electron chi connectivity index (χ4n) is 3.28. The molecule has 2 N–H and O–H groups in total. The predicted octanol–water partition coefficient (Wildman–Crippen LogP) is 1.88. The van der Waals surface area contributed by atoms with Crippen molar-refractivity contribution in [3.8, 4) is 0 Å². The van der Waals surface area contributed by atoms with Crippen molar-refractivity contribution in [1.82, 2.24) is 19.7 Å². The monoisotopic (exact) mass is 328 g/mol. The molecule has 0 bridgehead atoms. The van der Waals surface area contributed by atoms with Crippen molar-refractivity contribution >= 4 is 11.8 Å². The maximum Gasteiger partial charge on any atom is 0.227 e. The minimum Gasteiger partial charge on any atom is -0.386 e. The first kappa shape index (κ1) is 15.4. The summed E-state index contributed by atoms with van der Waals surface area (Å²) in [5.41, 5.74) is 2.89. The zero-order valence-corrected chi connectivity index (χ0v) is 14.2. The first-order valence-corrected chi connectivity index (χ1v) is 8.67. The molecule has 2 aliphatic rings. The van der Waals surface area contributed by atoms with Gasteiger partial charge in [0.1, 0.15) is 11.9 Å². The lowest BCUT2D eigenvalue weighted by Crippen LogP contribution is -2.25. The smallest absolute Gasteiger partial charge is 0.227 e. The Kier molecular flexibility index (Phi) is 3.88. The minimum absolute atomic E-state index is 0.401. The third-order valence-electron chi connectivity index (χ3n) is 4.79. The fraction of sp³-hybridized carbons (Fsp3) is 0.588. The highest BCUT2D eigenvalue weighted by Crippen LogP contribution is 2.40. The Labute approximate surface area is 141 Å². The highest BCUT2D eigenvalue weighted by molar-refractivity contribution is 5.43. The molecule has 2 aromatic heterocycles. The SMILES string of the molecule is CNc1cc(C)nc(N2CCCn3nc([C@@H](O)C4CC4)cc3C2)n1. The summed E-state index contributed by atoms with van der Waals surface area (Å²) in [6.45, 7) is 4.47. The molecule has 1 aliphatic heterocycles. The van der Waals surface area contributed by atoms with Crippen molar-refractivity contribution in [1.29, 1.82) is 0 Å². The summed E-state index contributed by atoms with van der Waals surface area (Å²) in [6.07, 6.45) is 2.79. The van der Waals surface area contributed by atoms with Crippen LogP contribution in [0.15, 0.2) is 12.1 Å².